The van der Waals surface area contributed by atoms with Crippen LogP contribution in [0.4, 0.5) is 14.9 Å². The lowest BCUT2D eigenvalue weighted by atomic mass is 9.80. The maximum absolute atomic E-state index is 14.4. The van der Waals surface area contributed by atoms with Crippen molar-refractivity contribution in [2.24, 2.45) is 10.9 Å². The first-order chi connectivity index (χ1) is 18.3. The van der Waals surface area contributed by atoms with Gasteiger partial charge in [0.1, 0.15) is 17.2 Å². The molecule has 3 heterocycles. The van der Waals surface area contributed by atoms with Crippen molar-refractivity contribution in [2.75, 3.05) is 24.5 Å². The van der Waals surface area contributed by atoms with Gasteiger partial charge in [-0.25, -0.2) is 9.18 Å². The second-order valence-corrected chi connectivity index (χ2v) is 11.5. The zero-order chi connectivity index (χ0) is 26.9. The molecule has 0 aromatic heterocycles. The molecule has 3 atom stereocenters. The third-order valence-electron chi connectivity index (χ3n) is 8.34. The molecule has 3 aliphatic heterocycles. The fourth-order valence-corrected chi connectivity index (χ4v) is 6.69. The number of likely N-dealkylation sites (tertiary alicyclic amines) is 2. The number of aliphatic imine (C=N–C) groups is 1. The Bertz CT molecular complexity index is 1280. The van der Waals surface area contributed by atoms with Crippen LogP contribution in [0.5, 0.6) is 0 Å². The van der Waals surface area contributed by atoms with E-state index in [1.807, 2.05) is 13.0 Å². The summed E-state index contributed by atoms with van der Waals surface area (Å²) in [4.78, 5) is 25.0. The lowest BCUT2D eigenvalue weighted by Gasteiger charge is -2.49. The number of urea groups is 1. The zero-order valence-corrected chi connectivity index (χ0v) is 23.1. The highest BCUT2D eigenvalue weighted by molar-refractivity contribution is 6.16. The molecule has 38 heavy (non-hydrogen) atoms. The van der Waals surface area contributed by atoms with E-state index in [9.17, 15) is 9.18 Å². The quantitative estimate of drug-likeness (QED) is 0.431. The van der Waals surface area contributed by atoms with Crippen LogP contribution in [0.3, 0.4) is 0 Å². The van der Waals surface area contributed by atoms with E-state index in [4.69, 9.17) is 4.99 Å². The van der Waals surface area contributed by atoms with Crippen LogP contribution in [-0.2, 0) is 6.42 Å². The van der Waals surface area contributed by atoms with Gasteiger partial charge in [-0.3, -0.25) is 9.80 Å². The van der Waals surface area contributed by atoms with Gasteiger partial charge in [-0.05, 0) is 81.2 Å². The van der Waals surface area contributed by atoms with Crippen molar-refractivity contribution in [1.82, 2.24) is 9.80 Å². The van der Waals surface area contributed by atoms with Crippen molar-refractivity contribution in [3.8, 4) is 11.8 Å². The lowest BCUT2D eigenvalue weighted by molar-refractivity contribution is 0.141. The minimum absolute atomic E-state index is 0.178. The van der Waals surface area contributed by atoms with Crippen LogP contribution in [-0.4, -0.2) is 52.9 Å². The van der Waals surface area contributed by atoms with Gasteiger partial charge >= 0.3 is 6.03 Å². The van der Waals surface area contributed by atoms with Crippen molar-refractivity contribution in [3.63, 3.8) is 0 Å². The highest BCUT2D eigenvalue weighted by Crippen LogP contribution is 2.45. The molecule has 3 aliphatic rings. The maximum atomic E-state index is 14.4. The summed E-state index contributed by atoms with van der Waals surface area (Å²) in [5.74, 6) is 7.32. The SMILES string of the molecule is CC#CCN1CC[C@@]2(C[C@@H]1C)C(N1CCCC1c1cccc(CC(C)C)c1)=NC(=O)N2c1cccc(F)c1. The van der Waals surface area contributed by atoms with E-state index in [-0.39, 0.29) is 23.9 Å². The van der Waals surface area contributed by atoms with E-state index in [1.54, 1.807) is 11.0 Å². The molecular formula is C32H39FN4O. The number of piperidine rings is 1. The Morgan fingerprint density at radius 3 is 2.71 bits per heavy atom. The predicted octanol–water partition coefficient (Wildman–Crippen LogP) is 6.45. The van der Waals surface area contributed by atoms with Crippen LogP contribution < -0.4 is 4.90 Å². The van der Waals surface area contributed by atoms with E-state index in [1.165, 1.54) is 23.3 Å². The average Bonchev–Trinajstić information content (AvgIpc) is 3.46. The number of halogens is 1. The number of benzene rings is 2. The molecule has 5 rings (SSSR count). The van der Waals surface area contributed by atoms with E-state index in [2.05, 4.69) is 66.7 Å². The van der Waals surface area contributed by atoms with Crippen molar-refractivity contribution in [1.29, 1.82) is 0 Å². The second-order valence-electron chi connectivity index (χ2n) is 11.5. The van der Waals surface area contributed by atoms with Crippen molar-refractivity contribution in [2.45, 2.75) is 77.4 Å². The van der Waals surface area contributed by atoms with Crippen LogP contribution in [0.1, 0.15) is 70.5 Å². The third kappa shape index (κ3) is 4.97. The van der Waals surface area contributed by atoms with Crippen LogP contribution in [0.25, 0.3) is 0 Å². The number of carbonyl (C=O) groups excluding carboxylic acids is 1. The van der Waals surface area contributed by atoms with Gasteiger partial charge in [0, 0.05) is 24.8 Å². The summed E-state index contributed by atoms with van der Waals surface area (Å²) < 4.78 is 14.4. The van der Waals surface area contributed by atoms with Gasteiger partial charge < -0.3 is 4.90 Å². The number of nitrogens with zero attached hydrogens (tertiary/aromatic N) is 4. The standard InChI is InChI=1S/C32H39FN4O/c1-5-6-16-35-18-15-32(22-24(35)4)30(34-31(38)37(32)28-13-8-12-27(33)21-28)36-17-9-14-29(36)26-11-7-10-25(20-26)19-23(2)3/h7-8,10-13,20-21,23-24,29H,9,14-19,22H2,1-4H3/t24-,29?,32+/m0/s1. The molecule has 6 heteroatoms. The first kappa shape index (κ1) is 26.4. The average molecular weight is 515 g/mol. The number of carbonyl (C=O) groups is 1. The predicted molar refractivity (Wildman–Crippen MR) is 152 cm³/mol. The molecule has 2 saturated heterocycles. The second kappa shape index (κ2) is 10.9. The summed E-state index contributed by atoms with van der Waals surface area (Å²) in [6.07, 6.45) is 4.60. The fraction of sp³-hybridized carbons (Fsp3) is 0.500. The Balaban J connectivity index is 1.53. The molecule has 2 aromatic rings. The van der Waals surface area contributed by atoms with E-state index < -0.39 is 5.54 Å². The van der Waals surface area contributed by atoms with Crippen LogP contribution in [0, 0.1) is 23.6 Å². The number of anilines is 1. The fourth-order valence-electron chi connectivity index (χ4n) is 6.69. The van der Waals surface area contributed by atoms with Crippen molar-refractivity contribution >= 4 is 17.6 Å². The highest BCUT2D eigenvalue weighted by Gasteiger charge is 2.56. The smallest absolute Gasteiger partial charge is 0.350 e. The molecule has 2 amide bonds. The molecule has 0 aliphatic carbocycles. The minimum Gasteiger partial charge on any atom is -0.351 e. The molecular weight excluding hydrogens is 475 g/mol. The Hall–Kier alpha value is -3.17. The van der Waals surface area contributed by atoms with Gasteiger partial charge in [-0.2, -0.15) is 4.99 Å². The van der Waals surface area contributed by atoms with E-state index in [0.717, 1.165) is 51.0 Å². The maximum Gasteiger partial charge on any atom is 0.350 e. The van der Waals surface area contributed by atoms with E-state index >= 15 is 0 Å². The number of hydrogen-bond donors (Lipinski definition) is 0. The first-order valence-electron chi connectivity index (χ1n) is 14.0. The number of rotatable bonds is 5. The Morgan fingerprint density at radius 1 is 1.16 bits per heavy atom. The van der Waals surface area contributed by atoms with Gasteiger partial charge in [-0.15, -0.1) is 5.92 Å². The summed E-state index contributed by atoms with van der Waals surface area (Å²) >= 11 is 0. The topological polar surface area (TPSA) is 39.1 Å². The monoisotopic (exact) mass is 514 g/mol. The normalized spacial score (nSPS) is 25.7. The van der Waals surface area contributed by atoms with Gasteiger partial charge in [0.25, 0.3) is 0 Å². The minimum atomic E-state index is -0.613. The molecule has 0 saturated carbocycles. The highest BCUT2D eigenvalue weighted by atomic mass is 19.1. The molecule has 2 aromatic carbocycles. The van der Waals surface area contributed by atoms with Gasteiger partial charge in [0.15, 0.2) is 0 Å². The first-order valence-corrected chi connectivity index (χ1v) is 14.0. The molecule has 1 unspecified atom stereocenters. The number of hydrogen-bond acceptors (Lipinski definition) is 3. The number of amidine groups is 1. The molecule has 5 nitrogen and oxygen atoms in total. The molecule has 0 N–H and O–H groups in total. The zero-order valence-electron chi connectivity index (χ0n) is 23.1. The summed E-state index contributed by atoms with van der Waals surface area (Å²) in [7, 11) is 0. The summed E-state index contributed by atoms with van der Waals surface area (Å²) in [5, 5.41) is 0. The van der Waals surface area contributed by atoms with Gasteiger partial charge in [0.2, 0.25) is 0 Å². The molecule has 1 spiro atoms. The Labute approximate surface area is 226 Å². The van der Waals surface area contributed by atoms with Gasteiger partial charge in [0.05, 0.1) is 12.6 Å². The van der Waals surface area contributed by atoms with E-state index in [0.29, 0.717) is 18.2 Å². The third-order valence-corrected chi connectivity index (χ3v) is 8.34. The largest absolute Gasteiger partial charge is 0.351 e. The summed E-state index contributed by atoms with van der Waals surface area (Å²) in [6, 6.07) is 15.4. The van der Waals surface area contributed by atoms with Crippen molar-refractivity contribution in [3.05, 3.63) is 65.5 Å². The Kier molecular flexibility index (Phi) is 7.59. The molecule has 200 valence electrons. The van der Waals surface area contributed by atoms with Crippen LogP contribution in [0.2, 0.25) is 0 Å². The van der Waals surface area contributed by atoms with Crippen molar-refractivity contribution < 1.29 is 9.18 Å². The summed E-state index contributed by atoms with van der Waals surface area (Å²) in [6.45, 7) is 10.9. The van der Waals surface area contributed by atoms with Crippen LogP contribution >= 0.6 is 0 Å². The lowest BCUT2D eigenvalue weighted by Crippen LogP contribution is -2.63. The molecule has 0 radical (unpaired) electrons. The summed E-state index contributed by atoms with van der Waals surface area (Å²) in [5.41, 5.74) is 2.61. The van der Waals surface area contributed by atoms with Gasteiger partial charge in [-0.1, -0.05) is 50.1 Å². The Morgan fingerprint density at radius 2 is 1.97 bits per heavy atom. The molecule has 2 fully saturated rings. The van der Waals surface area contributed by atoms with Crippen LogP contribution in [0.15, 0.2) is 53.5 Å². The molecule has 0 bridgehead atoms. The number of amides is 2.